The summed E-state index contributed by atoms with van der Waals surface area (Å²) in [4.78, 5) is 10.5. The summed E-state index contributed by atoms with van der Waals surface area (Å²) in [5.41, 5.74) is 0. The number of terminal acetylenes is 1. The Hall–Kier alpha value is -0.970. The molecule has 9 heteroatoms. The molecule has 0 aliphatic carbocycles. The van der Waals surface area contributed by atoms with Crippen LogP contribution in [0.1, 0.15) is 6.42 Å². The maximum absolute atomic E-state index is 12.1. The highest BCUT2D eigenvalue weighted by Gasteiger charge is 2.28. The van der Waals surface area contributed by atoms with Crippen LogP contribution in [0.3, 0.4) is 0 Å². The normalized spacial score (nSPS) is 12.7. The Morgan fingerprint density at radius 3 is 2.25 bits per heavy atom. The molecule has 1 aromatic carbocycles. The van der Waals surface area contributed by atoms with Crippen molar-refractivity contribution >= 4 is 50.8 Å². The average Bonchev–Trinajstić information content (AvgIpc) is 2.25. The fourth-order valence-electron chi connectivity index (χ4n) is 1.33. The highest BCUT2D eigenvalue weighted by molar-refractivity contribution is 7.89. The van der Waals surface area contributed by atoms with Gasteiger partial charge >= 0.3 is 5.97 Å². The van der Waals surface area contributed by atoms with E-state index >= 15 is 0 Å². The third-order valence-corrected chi connectivity index (χ3v) is 4.76. The minimum Gasteiger partial charge on any atom is -0.480 e. The van der Waals surface area contributed by atoms with Crippen LogP contribution >= 0.6 is 34.8 Å². The molecule has 0 spiro atoms. The third-order valence-electron chi connectivity index (χ3n) is 2.15. The van der Waals surface area contributed by atoms with Gasteiger partial charge in [-0.1, -0.05) is 34.8 Å². The van der Waals surface area contributed by atoms with Crippen molar-refractivity contribution in [3.63, 3.8) is 0 Å². The van der Waals surface area contributed by atoms with Gasteiger partial charge in [0.1, 0.15) is 10.9 Å². The van der Waals surface area contributed by atoms with E-state index in [1.807, 2.05) is 4.72 Å². The summed E-state index contributed by atoms with van der Waals surface area (Å²) in [5, 5.41) is 8.59. The van der Waals surface area contributed by atoms with Crippen LogP contribution in [0.15, 0.2) is 17.0 Å². The van der Waals surface area contributed by atoms with Crippen molar-refractivity contribution in [2.45, 2.75) is 17.4 Å². The minimum absolute atomic E-state index is 0.150. The zero-order valence-corrected chi connectivity index (χ0v) is 12.8. The van der Waals surface area contributed by atoms with Crippen molar-refractivity contribution in [2.24, 2.45) is 0 Å². The van der Waals surface area contributed by atoms with E-state index in [1.54, 1.807) is 0 Å². The molecule has 2 N–H and O–H groups in total. The molecule has 1 rings (SSSR count). The number of aliphatic carboxylic acids is 1. The molecule has 0 heterocycles. The zero-order valence-electron chi connectivity index (χ0n) is 9.73. The first kappa shape index (κ1) is 17.1. The Morgan fingerprint density at radius 1 is 1.35 bits per heavy atom. The van der Waals surface area contributed by atoms with Gasteiger partial charge in [-0.3, -0.25) is 4.79 Å². The lowest BCUT2D eigenvalue weighted by Gasteiger charge is -2.14. The van der Waals surface area contributed by atoms with Gasteiger partial charge in [0.05, 0.1) is 10.0 Å². The third kappa shape index (κ3) is 4.01. The van der Waals surface area contributed by atoms with E-state index in [1.165, 1.54) is 12.1 Å². The van der Waals surface area contributed by atoms with Crippen molar-refractivity contribution in [2.75, 3.05) is 0 Å². The monoisotopic (exact) mass is 355 g/mol. The first-order valence-corrected chi connectivity index (χ1v) is 7.64. The molecule has 0 aliphatic rings. The van der Waals surface area contributed by atoms with E-state index in [-0.39, 0.29) is 21.5 Å². The van der Waals surface area contributed by atoms with E-state index in [2.05, 4.69) is 5.92 Å². The van der Waals surface area contributed by atoms with Gasteiger partial charge in [0, 0.05) is 11.4 Å². The van der Waals surface area contributed by atoms with Crippen LogP contribution in [-0.4, -0.2) is 25.5 Å². The van der Waals surface area contributed by atoms with Crippen LogP contribution in [0.25, 0.3) is 0 Å². The second-order valence-corrected chi connectivity index (χ2v) is 6.52. The average molecular weight is 357 g/mol. The molecule has 1 aromatic rings. The van der Waals surface area contributed by atoms with Gasteiger partial charge in [-0.25, -0.2) is 8.42 Å². The van der Waals surface area contributed by atoms with E-state index in [4.69, 9.17) is 46.3 Å². The molecule has 0 bridgehead atoms. The largest absolute Gasteiger partial charge is 0.480 e. The fraction of sp³-hybridized carbons (Fsp3) is 0.182. The highest BCUT2D eigenvalue weighted by atomic mass is 35.5. The number of sulfonamides is 1. The molecule has 0 saturated carbocycles. The van der Waals surface area contributed by atoms with E-state index < -0.39 is 26.9 Å². The molecule has 0 radical (unpaired) electrons. The van der Waals surface area contributed by atoms with Crippen molar-refractivity contribution in [3.8, 4) is 12.3 Å². The quantitative estimate of drug-likeness (QED) is 0.794. The standard InChI is InChI=1S/C11H8Cl3NO4S/c1-2-3-9(11(16)17)15-20(18,19)10-7(13)4-6(12)5-8(10)14/h1,4-5,9,15H,3H2,(H,16,17). The second kappa shape index (κ2) is 6.66. The van der Waals surface area contributed by atoms with Gasteiger partial charge in [-0.2, -0.15) is 4.72 Å². The van der Waals surface area contributed by atoms with Crippen LogP contribution in [0.4, 0.5) is 0 Å². The van der Waals surface area contributed by atoms with Gasteiger partial charge in [0.2, 0.25) is 10.0 Å². The van der Waals surface area contributed by atoms with Crippen LogP contribution < -0.4 is 4.72 Å². The predicted octanol–water partition coefficient (Wildman–Crippen LogP) is 2.40. The zero-order chi connectivity index (χ0) is 15.5. The number of rotatable bonds is 5. The predicted molar refractivity (Wildman–Crippen MR) is 76.7 cm³/mol. The molecule has 0 fully saturated rings. The molecule has 1 unspecified atom stereocenters. The Labute approximate surface area is 130 Å². The Bertz CT molecular complexity index is 658. The Morgan fingerprint density at radius 2 is 1.85 bits per heavy atom. The van der Waals surface area contributed by atoms with E-state index in [0.29, 0.717) is 0 Å². The molecule has 0 aromatic heterocycles. The Balaban J connectivity index is 3.25. The topological polar surface area (TPSA) is 83.5 Å². The lowest BCUT2D eigenvalue weighted by Crippen LogP contribution is -2.40. The number of hydrogen-bond donors (Lipinski definition) is 2. The van der Waals surface area contributed by atoms with E-state index in [0.717, 1.165) is 0 Å². The molecule has 0 aliphatic heterocycles. The molecular formula is C11H8Cl3NO4S. The second-order valence-electron chi connectivity index (χ2n) is 3.62. The van der Waals surface area contributed by atoms with Gasteiger partial charge in [0.25, 0.3) is 0 Å². The fourth-order valence-corrected chi connectivity index (χ4v) is 4.06. The molecule has 20 heavy (non-hydrogen) atoms. The minimum atomic E-state index is -4.25. The molecule has 108 valence electrons. The summed E-state index contributed by atoms with van der Waals surface area (Å²) < 4.78 is 26.2. The lowest BCUT2D eigenvalue weighted by atomic mass is 10.2. The number of halogens is 3. The van der Waals surface area contributed by atoms with Crippen molar-refractivity contribution < 1.29 is 18.3 Å². The van der Waals surface area contributed by atoms with Gasteiger partial charge in [0.15, 0.2) is 0 Å². The SMILES string of the molecule is C#CCC(NS(=O)(=O)c1c(Cl)cc(Cl)cc1Cl)C(=O)O. The van der Waals surface area contributed by atoms with Gasteiger partial charge in [-0.05, 0) is 12.1 Å². The summed E-state index contributed by atoms with van der Waals surface area (Å²) in [6, 6.07) is 0.883. The summed E-state index contributed by atoms with van der Waals surface area (Å²) in [6.07, 6.45) is 4.66. The first-order valence-electron chi connectivity index (χ1n) is 5.02. The van der Waals surface area contributed by atoms with Crippen LogP contribution in [0, 0.1) is 12.3 Å². The maximum atomic E-state index is 12.1. The summed E-state index contributed by atoms with van der Waals surface area (Å²) >= 11 is 17.2. The number of carboxylic acid groups (broad SMARTS) is 1. The van der Waals surface area contributed by atoms with Crippen LogP contribution in [-0.2, 0) is 14.8 Å². The lowest BCUT2D eigenvalue weighted by molar-refractivity contribution is -0.138. The molecule has 0 saturated heterocycles. The summed E-state index contributed by atoms with van der Waals surface area (Å²) in [7, 11) is -4.25. The van der Waals surface area contributed by atoms with Gasteiger partial charge < -0.3 is 5.11 Å². The number of carbonyl (C=O) groups is 1. The number of hydrogen-bond acceptors (Lipinski definition) is 3. The molecular weight excluding hydrogens is 349 g/mol. The van der Waals surface area contributed by atoms with Crippen LogP contribution in [0.5, 0.6) is 0 Å². The molecule has 1 atom stereocenters. The Kier molecular flexibility index (Phi) is 5.68. The van der Waals surface area contributed by atoms with Crippen LogP contribution in [0.2, 0.25) is 15.1 Å². The number of benzene rings is 1. The van der Waals surface area contributed by atoms with Gasteiger partial charge in [-0.15, -0.1) is 12.3 Å². The maximum Gasteiger partial charge on any atom is 0.322 e. The van der Waals surface area contributed by atoms with Crippen molar-refractivity contribution in [3.05, 3.63) is 27.2 Å². The smallest absolute Gasteiger partial charge is 0.322 e. The highest BCUT2D eigenvalue weighted by Crippen LogP contribution is 2.32. The molecule has 0 amide bonds. The number of carboxylic acids is 1. The first-order chi connectivity index (χ1) is 9.19. The summed E-state index contributed by atoms with van der Waals surface area (Å²) in [5.74, 6) is 0.657. The van der Waals surface area contributed by atoms with Crippen molar-refractivity contribution in [1.29, 1.82) is 0 Å². The summed E-state index contributed by atoms with van der Waals surface area (Å²) in [6.45, 7) is 0. The van der Waals surface area contributed by atoms with E-state index in [9.17, 15) is 13.2 Å². The molecule has 5 nitrogen and oxygen atoms in total. The number of nitrogens with one attached hydrogen (secondary N) is 1. The van der Waals surface area contributed by atoms with Crippen molar-refractivity contribution in [1.82, 2.24) is 4.72 Å².